The molecule has 0 aliphatic carbocycles. The minimum absolute atomic E-state index is 0.0758. The number of likely N-dealkylation sites (N-methyl/N-ethyl adjacent to an activating group) is 1. The van der Waals surface area contributed by atoms with Crippen LogP contribution in [0.15, 0.2) is 29.8 Å². The molecule has 0 unspecified atom stereocenters. The number of amides is 1. The molecule has 2 aromatic heterocycles. The molecule has 0 saturated carbocycles. The van der Waals surface area contributed by atoms with Gasteiger partial charge in [-0.25, -0.2) is 4.98 Å². The molecule has 0 atom stereocenters. The molecule has 1 amide bonds. The standard InChI is InChI=1S/C17H18ClN3OS/c1-3-16-20-13(10-23-16)9-21(2)17(22)6-11-8-19-15-7-12(18)4-5-14(11)15/h4-5,7-8,10,19H,3,6,9H2,1-2H3. The van der Waals surface area contributed by atoms with Gasteiger partial charge >= 0.3 is 0 Å². The first-order valence-electron chi connectivity index (χ1n) is 7.49. The molecule has 3 aromatic rings. The number of carbonyl (C=O) groups excluding carboxylic acids is 1. The summed E-state index contributed by atoms with van der Waals surface area (Å²) in [5.41, 5.74) is 2.89. The van der Waals surface area contributed by atoms with Crippen molar-refractivity contribution in [2.45, 2.75) is 26.3 Å². The van der Waals surface area contributed by atoms with E-state index in [0.29, 0.717) is 18.0 Å². The molecule has 120 valence electrons. The highest BCUT2D eigenvalue weighted by Gasteiger charge is 2.14. The van der Waals surface area contributed by atoms with Crippen molar-refractivity contribution in [3.05, 3.63) is 51.1 Å². The summed E-state index contributed by atoms with van der Waals surface area (Å²) in [5, 5.41) is 4.85. The van der Waals surface area contributed by atoms with Gasteiger partial charge in [0.15, 0.2) is 0 Å². The summed E-state index contributed by atoms with van der Waals surface area (Å²) in [6, 6.07) is 5.66. The number of aromatic amines is 1. The van der Waals surface area contributed by atoms with Crippen LogP contribution in [-0.2, 0) is 24.2 Å². The van der Waals surface area contributed by atoms with Gasteiger partial charge in [-0.1, -0.05) is 24.6 Å². The Bertz CT molecular complexity index is 839. The summed E-state index contributed by atoms with van der Waals surface area (Å²) in [7, 11) is 1.82. The summed E-state index contributed by atoms with van der Waals surface area (Å²) >= 11 is 7.63. The average Bonchev–Trinajstić information content (AvgIpc) is 3.14. The number of benzene rings is 1. The summed E-state index contributed by atoms with van der Waals surface area (Å²) in [6.07, 6.45) is 3.17. The lowest BCUT2D eigenvalue weighted by Gasteiger charge is -2.15. The maximum Gasteiger partial charge on any atom is 0.227 e. The van der Waals surface area contributed by atoms with Crippen molar-refractivity contribution in [3.8, 4) is 0 Å². The van der Waals surface area contributed by atoms with Gasteiger partial charge in [-0.15, -0.1) is 11.3 Å². The first-order chi connectivity index (χ1) is 11.1. The van der Waals surface area contributed by atoms with E-state index >= 15 is 0 Å². The number of thiazole rings is 1. The Morgan fingerprint density at radius 1 is 1.43 bits per heavy atom. The Hall–Kier alpha value is -1.85. The van der Waals surface area contributed by atoms with Gasteiger partial charge in [-0.3, -0.25) is 4.79 Å². The normalized spacial score (nSPS) is 11.1. The van der Waals surface area contributed by atoms with Crippen molar-refractivity contribution in [2.24, 2.45) is 0 Å². The third-order valence-corrected chi connectivity index (χ3v) is 5.07. The van der Waals surface area contributed by atoms with Crippen molar-refractivity contribution in [1.82, 2.24) is 14.9 Å². The van der Waals surface area contributed by atoms with E-state index < -0.39 is 0 Å². The van der Waals surface area contributed by atoms with Crippen LogP contribution >= 0.6 is 22.9 Å². The highest BCUT2D eigenvalue weighted by Crippen LogP contribution is 2.23. The molecule has 0 saturated heterocycles. The number of nitrogens with zero attached hydrogens (tertiary/aromatic N) is 2. The molecule has 23 heavy (non-hydrogen) atoms. The van der Waals surface area contributed by atoms with Crippen LogP contribution in [0.4, 0.5) is 0 Å². The molecule has 0 aliphatic rings. The van der Waals surface area contributed by atoms with Gasteiger partial charge in [0.2, 0.25) is 5.91 Å². The van der Waals surface area contributed by atoms with Crippen molar-refractivity contribution < 1.29 is 4.79 Å². The highest BCUT2D eigenvalue weighted by molar-refractivity contribution is 7.09. The van der Waals surface area contributed by atoms with E-state index in [-0.39, 0.29) is 5.91 Å². The second-order valence-electron chi connectivity index (χ2n) is 5.52. The Kier molecular flexibility index (Phi) is 4.68. The minimum Gasteiger partial charge on any atom is -0.361 e. The molecule has 0 radical (unpaired) electrons. The Morgan fingerprint density at radius 3 is 3.00 bits per heavy atom. The monoisotopic (exact) mass is 347 g/mol. The topological polar surface area (TPSA) is 49.0 Å². The SMILES string of the molecule is CCc1nc(CN(C)C(=O)Cc2c[nH]c3cc(Cl)ccc23)cs1. The number of fused-ring (bicyclic) bond motifs is 1. The molecule has 6 heteroatoms. The lowest BCUT2D eigenvalue weighted by Crippen LogP contribution is -2.27. The third kappa shape index (κ3) is 3.57. The highest BCUT2D eigenvalue weighted by atomic mass is 35.5. The van der Waals surface area contributed by atoms with Crippen molar-refractivity contribution in [3.63, 3.8) is 0 Å². The van der Waals surface area contributed by atoms with Crippen LogP contribution in [0, 0.1) is 0 Å². The van der Waals surface area contributed by atoms with Crippen LogP contribution in [0.5, 0.6) is 0 Å². The fraction of sp³-hybridized carbons (Fsp3) is 0.294. The smallest absolute Gasteiger partial charge is 0.227 e. The fourth-order valence-electron chi connectivity index (χ4n) is 2.52. The zero-order valence-corrected chi connectivity index (χ0v) is 14.7. The number of nitrogens with one attached hydrogen (secondary N) is 1. The maximum atomic E-state index is 12.5. The number of aromatic nitrogens is 2. The Morgan fingerprint density at radius 2 is 2.26 bits per heavy atom. The number of carbonyl (C=O) groups is 1. The van der Waals surface area contributed by atoms with E-state index in [2.05, 4.69) is 16.9 Å². The van der Waals surface area contributed by atoms with Gasteiger partial charge in [-0.05, 0) is 24.1 Å². The average molecular weight is 348 g/mol. The van der Waals surface area contributed by atoms with E-state index in [1.807, 2.05) is 36.8 Å². The zero-order chi connectivity index (χ0) is 16.4. The molecule has 0 spiro atoms. The van der Waals surface area contributed by atoms with Crippen molar-refractivity contribution in [1.29, 1.82) is 0 Å². The fourth-order valence-corrected chi connectivity index (χ4v) is 3.43. The number of halogens is 1. The summed E-state index contributed by atoms with van der Waals surface area (Å²) in [4.78, 5) is 21.9. The first-order valence-corrected chi connectivity index (χ1v) is 8.75. The van der Waals surface area contributed by atoms with Gasteiger partial charge in [0.25, 0.3) is 0 Å². The van der Waals surface area contributed by atoms with Crippen LogP contribution in [0.1, 0.15) is 23.2 Å². The number of H-pyrrole nitrogens is 1. The molecular formula is C17H18ClN3OS. The molecule has 3 rings (SSSR count). The quantitative estimate of drug-likeness (QED) is 0.757. The molecule has 1 aromatic carbocycles. The van der Waals surface area contributed by atoms with E-state index in [1.54, 1.807) is 16.2 Å². The second kappa shape index (κ2) is 6.72. The van der Waals surface area contributed by atoms with E-state index in [4.69, 9.17) is 11.6 Å². The summed E-state index contributed by atoms with van der Waals surface area (Å²) in [5.74, 6) is 0.0758. The van der Waals surface area contributed by atoms with Gasteiger partial charge in [-0.2, -0.15) is 0 Å². The Labute approximate surface area is 144 Å². The number of hydrogen-bond donors (Lipinski definition) is 1. The van der Waals surface area contributed by atoms with Crippen LogP contribution in [0.3, 0.4) is 0 Å². The van der Waals surface area contributed by atoms with Gasteiger partial charge in [0.05, 0.1) is 23.7 Å². The van der Waals surface area contributed by atoms with Crippen LogP contribution < -0.4 is 0 Å². The maximum absolute atomic E-state index is 12.5. The number of rotatable bonds is 5. The summed E-state index contributed by atoms with van der Waals surface area (Å²) < 4.78 is 0. The minimum atomic E-state index is 0.0758. The molecule has 4 nitrogen and oxygen atoms in total. The molecule has 0 bridgehead atoms. The molecule has 0 aliphatic heterocycles. The van der Waals surface area contributed by atoms with E-state index in [1.165, 1.54) is 0 Å². The lowest BCUT2D eigenvalue weighted by atomic mass is 10.1. The van der Waals surface area contributed by atoms with Gasteiger partial charge in [0.1, 0.15) is 0 Å². The van der Waals surface area contributed by atoms with Crippen molar-refractivity contribution >= 4 is 39.7 Å². The lowest BCUT2D eigenvalue weighted by molar-refractivity contribution is -0.129. The number of hydrogen-bond acceptors (Lipinski definition) is 3. The van der Waals surface area contributed by atoms with Crippen LogP contribution in [0.2, 0.25) is 5.02 Å². The van der Waals surface area contributed by atoms with Gasteiger partial charge in [0, 0.05) is 34.6 Å². The van der Waals surface area contributed by atoms with Crippen LogP contribution in [0.25, 0.3) is 10.9 Å². The predicted octanol–water partition coefficient (Wildman–Crippen LogP) is 4.04. The molecule has 0 fully saturated rings. The largest absolute Gasteiger partial charge is 0.361 e. The molecular weight excluding hydrogens is 330 g/mol. The van der Waals surface area contributed by atoms with Gasteiger partial charge < -0.3 is 9.88 Å². The zero-order valence-electron chi connectivity index (χ0n) is 13.1. The van der Waals surface area contributed by atoms with Crippen molar-refractivity contribution in [2.75, 3.05) is 7.05 Å². The molecule has 2 heterocycles. The predicted molar refractivity (Wildman–Crippen MR) is 95.0 cm³/mol. The Balaban J connectivity index is 1.69. The van der Waals surface area contributed by atoms with Crippen LogP contribution in [-0.4, -0.2) is 27.8 Å². The third-order valence-electron chi connectivity index (χ3n) is 3.80. The summed E-state index contributed by atoms with van der Waals surface area (Å²) in [6.45, 7) is 2.63. The molecule has 1 N–H and O–H groups in total. The number of aryl methyl sites for hydroxylation is 1. The second-order valence-corrected chi connectivity index (χ2v) is 6.90. The van der Waals surface area contributed by atoms with E-state index in [9.17, 15) is 4.79 Å². The first kappa shape index (κ1) is 16.0. The van der Waals surface area contributed by atoms with E-state index in [0.717, 1.165) is 33.6 Å².